The van der Waals surface area contributed by atoms with E-state index in [9.17, 15) is 8.78 Å². The molecule has 0 spiro atoms. The zero-order valence-electron chi connectivity index (χ0n) is 12.9. The normalized spacial score (nSPS) is 11.9. The molecule has 0 aliphatic carbocycles. The summed E-state index contributed by atoms with van der Waals surface area (Å²) in [7, 11) is 0. The van der Waals surface area contributed by atoms with Gasteiger partial charge in [-0.15, -0.1) is 0 Å². The second kappa shape index (κ2) is 5.47. The maximum Gasteiger partial charge on any atom is 0.132 e. The van der Waals surface area contributed by atoms with Crippen LogP contribution in [0, 0.1) is 11.6 Å². The molecule has 0 bridgehead atoms. The van der Waals surface area contributed by atoms with Crippen LogP contribution in [0.3, 0.4) is 0 Å². The summed E-state index contributed by atoms with van der Waals surface area (Å²) in [6.07, 6.45) is 0.884. The van der Waals surface area contributed by atoms with Gasteiger partial charge >= 0.3 is 0 Å². The number of hydrogen-bond donors (Lipinski definition) is 1. The molecule has 0 fully saturated rings. The highest BCUT2D eigenvalue weighted by molar-refractivity contribution is 5.71. The molecule has 114 valence electrons. The minimum Gasteiger partial charge on any atom is -0.383 e. The van der Waals surface area contributed by atoms with Crippen LogP contribution < -0.4 is 5.73 Å². The molecule has 2 N–H and O–H groups in total. The third-order valence-electron chi connectivity index (χ3n) is 3.31. The van der Waals surface area contributed by atoms with Gasteiger partial charge in [-0.3, -0.25) is 0 Å². The van der Waals surface area contributed by atoms with E-state index in [0.29, 0.717) is 18.1 Å². The van der Waals surface area contributed by atoms with E-state index in [1.807, 2.05) is 32.3 Å². The van der Waals surface area contributed by atoms with Gasteiger partial charge in [0.2, 0.25) is 0 Å². The van der Waals surface area contributed by atoms with E-state index in [-0.39, 0.29) is 11.0 Å². The highest BCUT2D eigenvalue weighted by Crippen LogP contribution is 2.33. The Morgan fingerprint density at radius 1 is 1.24 bits per heavy atom. The third-order valence-corrected chi connectivity index (χ3v) is 3.31. The quantitative estimate of drug-likeness (QED) is 0.925. The Morgan fingerprint density at radius 2 is 1.90 bits per heavy atom. The number of rotatable bonds is 3. The van der Waals surface area contributed by atoms with Crippen molar-refractivity contribution < 1.29 is 8.78 Å². The van der Waals surface area contributed by atoms with Crippen molar-refractivity contribution in [3.05, 3.63) is 35.7 Å². The Morgan fingerprint density at radius 3 is 2.48 bits per heavy atom. The summed E-state index contributed by atoms with van der Waals surface area (Å²) in [5, 5.41) is 0. The third kappa shape index (κ3) is 2.91. The molecule has 1 heterocycles. The second-order valence-corrected chi connectivity index (χ2v) is 6.20. The van der Waals surface area contributed by atoms with Crippen LogP contribution in [0.4, 0.5) is 14.6 Å². The largest absolute Gasteiger partial charge is 0.383 e. The highest BCUT2D eigenvalue weighted by atomic mass is 19.1. The van der Waals surface area contributed by atoms with Crippen LogP contribution in [-0.2, 0) is 12.0 Å². The molecular weight excluding hydrogens is 272 g/mol. The summed E-state index contributed by atoms with van der Waals surface area (Å²) in [4.78, 5) is 4.50. The fourth-order valence-corrected chi connectivity index (χ4v) is 2.37. The van der Waals surface area contributed by atoms with E-state index in [0.717, 1.165) is 30.4 Å². The molecule has 21 heavy (non-hydrogen) atoms. The van der Waals surface area contributed by atoms with E-state index in [2.05, 4.69) is 4.98 Å². The minimum atomic E-state index is -0.523. The molecule has 0 unspecified atom stereocenters. The lowest BCUT2D eigenvalue weighted by Crippen LogP contribution is -2.19. The van der Waals surface area contributed by atoms with Crippen LogP contribution in [0.1, 0.15) is 39.9 Å². The lowest BCUT2D eigenvalue weighted by molar-refractivity contribution is 0.498. The Bertz CT molecular complexity index is 654. The van der Waals surface area contributed by atoms with Crippen LogP contribution in [0.5, 0.6) is 0 Å². The molecule has 2 rings (SSSR count). The predicted molar refractivity (Wildman–Crippen MR) is 81.0 cm³/mol. The van der Waals surface area contributed by atoms with Gasteiger partial charge in [-0.25, -0.2) is 13.8 Å². The average Bonchev–Trinajstić information content (AvgIpc) is 2.71. The van der Waals surface area contributed by atoms with E-state index in [1.54, 1.807) is 0 Å². The van der Waals surface area contributed by atoms with Gasteiger partial charge in [-0.05, 0) is 24.6 Å². The Hall–Kier alpha value is -1.91. The molecule has 3 nitrogen and oxygen atoms in total. The Kier molecular flexibility index (Phi) is 4.03. The topological polar surface area (TPSA) is 43.8 Å². The average molecular weight is 293 g/mol. The summed E-state index contributed by atoms with van der Waals surface area (Å²) >= 11 is 0. The van der Waals surface area contributed by atoms with Crippen molar-refractivity contribution >= 4 is 5.82 Å². The van der Waals surface area contributed by atoms with Crippen LogP contribution in [0.25, 0.3) is 11.3 Å². The molecule has 0 saturated heterocycles. The summed E-state index contributed by atoms with van der Waals surface area (Å²) in [5.41, 5.74) is 6.33. The van der Waals surface area contributed by atoms with E-state index in [4.69, 9.17) is 5.73 Å². The number of imidazole rings is 1. The minimum absolute atomic E-state index is 0.104. The van der Waals surface area contributed by atoms with Crippen molar-refractivity contribution in [3.63, 3.8) is 0 Å². The van der Waals surface area contributed by atoms with Crippen LogP contribution in [0.2, 0.25) is 0 Å². The molecular formula is C16H21F2N3. The highest BCUT2D eigenvalue weighted by Gasteiger charge is 2.26. The summed E-state index contributed by atoms with van der Waals surface area (Å²) < 4.78 is 29.3. The fourth-order valence-electron chi connectivity index (χ4n) is 2.37. The van der Waals surface area contributed by atoms with Crippen LogP contribution in [0.15, 0.2) is 18.2 Å². The number of nitrogens with zero attached hydrogens (tertiary/aromatic N) is 2. The van der Waals surface area contributed by atoms with Crippen LogP contribution >= 0.6 is 0 Å². The molecule has 5 heteroatoms. The maximum atomic E-state index is 14.0. The molecule has 0 radical (unpaired) electrons. The number of hydrogen-bond acceptors (Lipinski definition) is 2. The first-order chi connectivity index (χ1) is 9.75. The number of benzene rings is 1. The van der Waals surface area contributed by atoms with Crippen molar-refractivity contribution in [2.75, 3.05) is 5.73 Å². The van der Waals surface area contributed by atoms with Gasteiger partial charge in [-0.1, -0.05) is 27.7 Å². The standard InChI is InChI=1S/C16H21F2N3/c1-5-8-21-14(19)13(20-15(21)16(2,3)4)11-9-10(17)6-7-12(11)18/h6-7,9H,5,8,19H2,1-4H3. The number of anilines is 1. The van der Waals surface area contributed by atoms with Gasteiger partial charge in [0.05, 0.1) is 0 Å². The first-order valence-corrected chi connectivity index (χ1v) is 7.07. The van der Waals surface area contributed by atoms with E-state index >= 15 is 0 Å². The Balaban J connectivity index is 2.68. The van der Waals surface area contributed by atoms with Crippen molar-refractivity contribution in [2.24, 2.45) is 0 Å². The van der Waals surface area contributed by atoms with Gasteiger partial charge < -0.3 is 10.3 Å². The number of nitrogens with two attached hydrogens (primary N) is 1. The van der Waals surface area contributed by atoms with Gasteiger partial charge in [-0.2, -0.15) is 0 Å². The fraction of sp³-hybridized carbons (Fsp3) is 0.438. The second-order valence-electron chi connectivity index (χ2n) is 6.20. The van der Waals surface area contributed by atoms with Crippen molar-refractivity contribution in [3.8, 4) is 11.3 Å². The zero-order chi connectivity index (χ0) is 15.8. The monoisotopic (exact) mass is 293 g/mol. The van der Waals surface area contributed by atoms with E-state index in [1.165, 1.54) is 0 Å². The Labute approximate surface area is 123 Å². The summed E-state index contributed by atoms with van der Waals surface area (Å²) in [6.45, 7) is 8.79. The van der Waals surface area contributed by atoms with Gasteiger partial charge in [0, 0.05) is 17.5 Å². The van der Waals surface area contributed by atoms with Gasteiger partial charge in [0.15, 0.2) is 0 Å². The predicted octanol–water partition coefficient (Wildman–Crippen LogP) is 4.12. The maximum absolute atomic E-state index is 14.0. The number of aromatic nitrogens is 2. The SMILES string of the molecule is CCCn1c(C(C)(C)C)nc(-c2cc(F)ccc2F)c1N. The number of halogens is 2. The molecule has 0 aliphatic rings. The van der Waals surface area contributed by atoms with Gasteiger partial charge in [0.25, 0.3) is 0 Å². The molecule has 0 amide bonds. The van der Waals surface area contributed by atoms with Crippen molar-refractivity contribution in [1.82, 2.24) is 9.55 Å². The smallest absolute Gasteiger partial charge is 0.132 e. The summed E-state index contributed by atoms with van der Waals surface area (Å²) in [5.74, 6) is 0.129. The van der Waals surface area contributed by atoms with Crippen LogP contribution in [-0.4, -0.2) is 9.55 Å². The zero-order valence-corrected chi connectivity index (χ0v) is 12.9. The molecule has 2 aromatic rings. The van der Waals surface area contributed by atoms with Crippen molar-refractivity contribution in [1.29, 1.82) is 0 Å². The molecule has 0 atom stereocenters. The molecule has 0 aliphatic heterocycles. The van der Waals surface area contributed by atoms with E-state index < -0.39 is 11.6 Å². The molecule has 0 saturated carbocycles. The number of nitrogen functional groups attached to an aromatic ring is 1. The first kappa shape index (κ1) is 15.5. The molecule has 1 aromatic heterocycles. The first-order valence-electron chi connectivity index (χ1n) is 7.07. The summed E-state index contributed by atoms with van der Waals surface area (Å²) in [6, 6.07) is 3.32. The lowest BCUT2D eigenvalue weighted by Gasteiger charge is -2.19. The molecule has 1 aromatic carbocycles. The van der Waals surface area contributed by atoms with Crippen molar-refractivity contribution in [2.45, 2.75) is 46.1 Å². The van der Waals surface area contributed by atoms with Gasteiger partial charge in [0.1, 0.15) is 29.0 Å². The lowest BCUT2D eigenvalue weighted by atomic mass is 9.95.